The van der Waals surface area contributed by atoms with Crippen LogP contribution in [-0.4, -0.2) is 12.6 Å². The van der Waals surface area contributed by atoms with Gasteiger partial charge in [0.15, 0.2) is 0 Å². The maximum absolute atomic E-state index is 6.39. The van der Waals surface area contributed by atoms with E-state index in [1.54, 1.807) is 0 Å². The molecule has 1 aliphatic rings. The molecule has 2 heteroatoms. The van der Waals surface area contributed by atoms with E-state index in [0.717, 1.165) is 23.9 Å². The second kappa shape index (κ2) is 7.31. The maximum atomic E-state index is 6.39. The lowest BCUT2D eigenvalue weighted by Gasteiger charge is -2.26. The van der Waals surface area contributed by atoms with Gasteiger partial charge in [-0.2, -0.15) is 0 Å². The standard InChI is InChI=1S/C17H26ClN/c1-3-19-17-8-6-4-5-7-15(17)12-14-10-9-13(2)11-16(14)18/h9-11,15,17,19H,3-8,12H2,1-2H3. The third-order valence-corrected chi connectivity index (χ3v) is 4.67. The van der Waals surface area contributed by atoms with Crippen molar-refractivity contribution in [2.45, 2.75) is 58.4 Å². The Morgan fingerprint density at radius 3 is 2.74 bits per heavy atom. The topological polar surface area (TPSA) is 12.0 Å². The summed E-state index contributed by atoms with van der Waals surface area (Å²) in [6.07, 6.45) is 7.91. The second-order valence-electron chi connectivity index (χ2n) is 5.86. The van der Waals surface area contributed by atoms with Gasteiger partial charge in [-0.25, -0.2) is 0 Å². The lowest BCUT2D eigenvalue weighted by molar-refractivity contribution is 0.337. The molecule has 0 amide bonds. The first kappa shape index (κ1) is 14.9. The molecule has 2 atom stereocenters. The van der Waals surface area contributed by atoms with Crippen LogP contribution in [-0.2, 0) is 6.42 Å². The van der Waals surface area contributed by atoms with Gasteiger partial charge in [0.1, 0.15) is 0 Å². The van der Waals surface area contributed by atoms with Gasteiger partial charge in [-0.05, 0) is 55.8 Å². The van der Waals surface area contributed by atoms with E-state index in [-0.39, 0.29) is 0 Å². The zero-order valence-electron chi connectivity index (χ0n) is 12.2. The fourth-order valence-electron chi connectivity index (χ4n) is 3.26. The van der Waals surface area contributed by atoms with Crippen molar-refractivity contribution in [3.63, 3.8) is 0 Å². The molecule has 0 heterocycles. The molecular formula is C17H26ClN. The van der Waals surface area contributed by atoms with Gasteiger partial charge in [-0.3, -0.25) is 0 Å². The normalized spacial score (nSPS) is 24.2. The van der Waals surface area contributed by atoms with Gasteiger partial charge in [-0.15, -0.1) is 0 Å². The Morgan fingerprint density at radius 1 is 1.21 bits per heavy atom. The summed E-state index contributed by atoms with van der Waals surface area (Å²) >= 11 is 6.39. The number of rotatable bonds is 4. The molecule has 19 heavy (non-hydrogen) atoms. The van der Waals surface area contributed by atoms with E-state index in [0.29, 0.717) is 6.04 Å². The monoisotopic (exact) mass is 279 g/mol. The van der Waals surface area contributed by atoms with Crippen LogP contribution in [0.5, 0.6) is 0 Å². The largest absolute Gasteiger partial charge is 0.314 e. The molecule has 2 rings (SSSR count). The summed E-state index contributed by atoms with van der Waals surface area (Å²) in [6.45, 7) is 5.38. The lowest BCUT2D eigenvalue weighted by atomic mass is 9.88. The molecule has 1 aromatic carbocycles. The molecule has 1 aromatic rings. The molecule has 1 saturated carbocycles. The summed E-state index contributed by atoms with van der Waals surface area (Å²) in [4.78, 5) is 0. The number of benzene rings is 1. The molecule has 0 spiro atoms. The summed E-state index contributed by atoms with van der Waals surface area (Å²) in [5.41, 5.74) is 2.57. The quantitative estimate of drug-likeness (QED) is 0.785. The average Bonchev–Trinajstić information content (AvgIpc) is 2.59. The second-order valence-corrected chi connectivity index (χ2v) is 6.27. The molecule has 1 N–H and O–H groups in total. The minimum Gasteiger partial charge on any atom is -0.314 e. The summed E-state index contributed by atoms with van der Waals surface area (Å²) < 4.78 is 0. The van der Waals surface area contributed by atoms with Crippen LogP contribution in [0.3, 0.4) is 0 Å². The minimum absolute atomic E-state index is 0.671. The SMILES string of the molecule is CCNC1CCCCCC1Cc1ccc(C)cc1Cl. The molecule has 0 radical (unpaired) electrons. The van der Waals surface area contributed by atoms with E-state index >= 15 is 0 Å². The molecule has 106 valence electrons. The zero-order valence-corrected chi connectivity index (χ0v) is 13.0. The Hall–Kier alpha value is -0.530. The highest BCUT2D eigenvalue weighted by atomic mass is 35.5. The highest BCUT2D eigenvalue weighted by Gasteiger charge is 2.23. The van der Waals surface area contributed by atoms with Gasteiger partial charge in [0.2, 0.25) is 0 Å². The van der Waals surface area contributed by atoms with Gasteiger partial charge in [0.25, 0.3) is 0 Å². The Bertz CT molecular complexity index is 402. The van der Waals surface area contributed by atoms with Gasteiger partial charge in [0.05, 0.1) is 0 Å². The Kier molecular flexibility index (Phi) is 5.72. The van der Waals surface area contributed by atoms with Crippen LogP contribution in [0.4, 0.5) is 0 Å². The first-order chi connectivity index (χ1) is 9.20. The zero-order chi connectivity index (χ0) is 13.7. The summed E-state index contributed by atoms with van der Waals surface area (Å²) in [5.74, 6) is 0.739. The minimum atomic E-state index is 0.671. The summed E-state index contributed by atoms with van der Waals surface area (Å²) in [7, 11) is 0. The first-order valence-corrected chi connectivity index (χ1v) is 8.07. The Balaban J connectivity index is 2.09. The molecule has 0 aliphatic heterocycles. The van der Waals surface area contributed by atoms with Crippen molar-refractivity contribution in [3.05, 3.63) is 34.3 Å². The van der Waals surface area contributed by atoms with E-state index in [4.69, 9.17) is 11.6 Å². The fourth-order valence-corrected chi connectivity index (χ4v) is 3.57. The molecule has 0 bridgehead atoms. The van der Waals surface area contributed by atoms with Gasteiger partial charge in [0, 0.05) is 11.1 Å². The number of hydrogen-bond acceptors (Lipinski definition) is 1. The number of aryl methyl sites for hydroxylation is 1. The van der Waals surface area contributed by atoms with E-state index < -0.39 is 0 Å². The predicted octanol–water partition coefficient (Wildman–Crippen LogP) is 4.75. The third kappa shape index (κ3) is 4.22. The lowest BCUT2D eigenvalue weighted by Crippen LogP contribution is -2.36. The van der Waals surface area contributed by atoms with Crippen molar-refractivity contribution in [1.29, 1.82) is 0 Å². The molecule has 1 nitrogen and oxygen atoms in total. The van der Waals surface area contributed by atoms with E-state index in [1.165, 1.54) is 43.2 Å². The Labute approximate surface area is 122 Å². The smallest absolute Gasteiger partial charge is 0.0440 e. The predicted molar refractivity (Wildman–Crippen MR) is 83.9 cm³/mol. The highest BCUT2D eigenvalue weighted by Crippen LogP contribution is 2.29. The maximum Gasteiger partial charge on any atom is 0.0440 e. The van der Waals surface area contributed by atoms with Crippen LogP contribution in [0.25, 0.3) is 0 Å². The highest BCUT2D eigenvalue weighted by molar-refractivity contribution is 6.31. The van der Waals surface area contributed by atoms with Gasteiger partial charge < -0.3 is 5.32 Å². The van der Waals surface area contributed by atoms with Crippen molar-refractivity contribution < 1.29 is 0 Å². The third-order valence-electron chi connectivity index (χ3n) is 4.32. The molecule has 2 unspecified atom stereocenters. The van der Waals surface area contributed by atoms with E-state index in [9.17, 15) is 0 Å². The van der Waals surface area contributed by atoms with Crippen LogP contribution >= 0.6 is 11.6 Å². The number of hydrogen-bond donors (Lipinski definition) is 1. The van der Waals surface area contributed by atoms with Crippen LogP contribution in [0.1, 0.15) is 50.2 Å². The fraction of sp³-hybridized carbons (Fsp3) is 0.647. The van der Waals surface area contributed by atoms with Crippen molar-refractivity contribution in [2.24, 2.45) is 5.92 Å². The van der Waals surface area contributed by atoms with Crippen LogP contribution in [0, 0.1) is 12.8 Å². The van der Waals surface area contributed by atoms with Gasteiger partial charge >= 0.3 is 0 Å². The average molecular weight is 280 g/mol. The molecular weight excluding hydrogens is 254 g/mol. The van der Waals surface area contributed by atoms with Crippen molar-refractivity contribution >= 4 is 11.6 Å². The number of halogens is 1. The van der Waals surface area contributed by atoms with Crippen LogP contribution < -0.4 is 5.32 Å². The van der Waals surface area contributed by atoms with Crippen molar-refractivity contribution in [2.75, 3.05) is 6.54 Å². The van der Waals surface area contributed by atoms with E-state index in [2.05, 4.69) is 37.4 Å². The van der Waals surface area contributed by atoms with E-state index in [1.807, 2.05) is 0 Å². The Morgan fingerprint density at radius 2 is 2.00 bits per heavy atom. The summed E-state index contributed by atoms with van der Waals surface area (Å²) in [5, 5.41) is 4.63. The molecule has 1 fully saturated rings. The molecule has 0 saturated heterocycles. The van der Waals surface area contributed by atoms with Gasteiger partial charge in [-0.1, -0.05) is 49.9 Å². The van der Waals surface area contributed by atoms with Crippen LogP contribution in [0.2, 0.25) is 5.02 Å². The molecule has 1 aliphatic carbocycles. The number of nitrogens with one attached hydrogen (secondary N) is 1. The van der Waals surface area contributed by atoms with Crippen LogP contribution in [0.15, 0.2) is 18.2 Å². The summed E-state index contributed by atoms with van der Waals surface area (Å²) in [6, 6.07) is 7.16. The van der Waals surface area contributed by atoms with Crippen molar-refractivity contribution in [1.82, 2.24) is 5.32 Å². The molecule has 0 aromatic heterocycles. The first-order valence-electron chi connectivity index (χ1n) is 7.69. The van der Waals surface area contributed by atoms with Crippen molar-refractivity contribution in [3.8, 4) is 0 Å².